The van der Waals surface area contributed by atoms with Crippen LogP contribution in [-0.4, -0.2) is 36.0 Å². The molecule has 0 aliphatic carbocycles. The topological polar surface area (TPSA) is 54.3 Å². The highest BCUT2D eigenvalue weighted by Gasteiger charge is 2.13. The molecule has 1 amide bonds. The Balaban J connectivity index is 2.20. The van der Waals surface area contributed by atoms with Crippen LogP contribution in [0.4, 0.5) is 5.69 Å². The van der Waals surface area contributed by atoms with E-state index in [1.165, 1.54) is 0 Å². The second-order valence-corrected chi connectivity index (χ2v) is 6.83. The molecule has 0 spiro atoms. The normalized spacial score (nSPS) is 11.6. The van der Waals surface area contributed by atoms with Crippen LogP contribution in [0, 0.1) is 0 Å². The van der Waals surface area contributed by atoms with Gasteiger partial charge in [0.15, 0.2) is 0 Å². The second-order valence-electron chi connectivity index (χ2n) is 6.83. The fourth-order valence-electron chi connectivity index (χ4n) is 3.18. The van der Waals surface area contributed by atoms with Gasteiger partial charge in [-0.3, -0.25) is 9.59 Å². The maximum absolute atomic E-state index is 12.9. The number of benzene rings is 2. The van der Waals surface area contributed by atoms with E-state index in [9.17, 15) is 9.59 Å². The van der Waals surface area contributed by atoms with E-state index in [1.54, 1.807) is 12.1 Å². The van der Waals surface area contributed by atoms with Crippen molar-refractivity contribution >= 4 is 33.3 Å². The summed E-state index contributed by atoms with van der Waals surface area (Å²) in [6, 6.07) is 13.4. The number of carbonyl (C=O) groups excluding carboxylic acids is 1. The number of pyridine rings is 1. The number of anilines is 1. The third-order valence-corrected chi connectivity index (χ3v) is 4.18. The average Bonchev–Trinajstić information content (AvgIpc) is 2.54. The number of hydrogen-bond donors (Lipinski definition) is 1. The fourth-order valence-corrected chi connectivity index (χ4v) is 3.18. The summed E-state index contributed by atoms with van der Waals surface area (Å²) in [6.45, 7) is 4.33. The van der Waals surface area contributed by atoms with E-state index in [0.717, 1.165) is 16.3 Å². The number of nitrogens with one attached hydrogen (secondary N) is 1. The molecule has 0 atom stereocenters. The average molecular weight is 337 g/mol. The Morgan fingerprint density at radius 1 is 1.08 bits per heavy atom. The number of carbonyl (C=O) groups is 1. The maximum atomic E-state index is 12.9. The van der Waals surface area contributed by atoms with Crippen LogP contribution < -0.4 is 10.9 Å². The molecule has 0 bridgehead atoms. The molecule has 5 heteroatoms. The number of para-hydroxylation sites is 1. The summed E-state index contributed by atoms with van der Waals surface area (Å²) in [5.74, 6) is -0.0795. The standard InChI is InChI=1S/C20H23N3O2/c1-13(2)23-18-8-6-5-7-15(18)17-11-14(9-10-16(17)20(23)25)21-19(24)12-22(3)4/h5-11,13H,12H2,1-4H3,(H,21,24). The number of hydrogen-bond acceptors (Lipinski definition) is 3. The van der Waals surface area contributed by atoms with Gasteiger partial charge in [0.05, 0.1) is 12.1 Å². The Labute approximate surface area is 146 Å². The molecule has 0 aliphatic heterocycles. The van der Waals surface area contributed by atoms with Crippen LogP contribution in [-0.2, 0) is 4.79 Å². The number of likely N-dealkylation sites (N-methyl/N-ethyl adjacent to an activating group) is 1. The largest absolute Gasteiger partial charge is 0.325 e. The smallest absolute Gasteiger partial charge is 0.259 e. The van der Waals surface area contributed by atoms with Crippen LogP contribution in [0.3, 0.4) is 0 Å². The Bertz CT molecular complexity index is 1000. The number of aromatic nitrogens is 1. The first-order valence-electron chi connectivity index (χ1n) is 8.40. The van der Waals surface area contributed by atoms with Crippen LogP contribution in [0.1, 0.15) is 19.9 Å². The molecule has 0 fully saturated rings. The van der Waals surface area contributed by atoms with Crippen molar-refractivity contribution in [1.29, 1.82) is 0 Å². The summed E-state index contributed by atoms with van der Waals surface area (Å²) < 4.78 is 1.82. The lowest BCUT2D eigenvalue weighted by Gasteiger charge is -2.17. The first kappa shape index (κ1) is 17.2. The molecule has 0 unspecified atom stereocenters. The lowest BCUT2D eigenvalue weighted by Crippen LogP contribution is -2.27. The first-order chi connectivity index (χ1) is 11.9. The van der Waals surface area contributed by atoms with Crippen molar-refractivity contribution in [1.82, 2.24) is 9.47 Å². The van der Waals surface area contributed by atoms with Gasteiger partial charge in [0.2, 0.25) is 5.91 Å². The van der Waals surface area contributed by atoms with Crippen LogP contribution in [0.25, 0.3) is 21.7 Å². The predicted molar refractivity (Wildman–Crippen MR) is 103 cm³/mol. The van der Waals surface area contributed by atoms with Crippen molar-refractivity contribution in [3.63, 3.8) is 0 Å². The fraction of sp³-hybridized carbons (Fsp3) is 0.300. The number of nitrogens with zero attached hydrogens (tertiary/aromatic N) is 2. The van der Waals surface area contributed by atoms with Gasteiger partial charge in [0, 0.05) is 22.5 Å². The van der Waals surface area contributed by atoms with Crippen LogP contribution in [0.2, 0.25) is 0 Å². The van der Waals surface area contributed by atoms with Gasteiger partial charge in [-0.05, 0) is 57.6 Å². The minimum absolute atomic E-state index is 0.00475. The van der Waals surface area contributed by atoms with Crippen molar-refractivity contribution in [2.45, 2.75) is 19.9 Å². The molecule has 1 heterocycles. The number of fused-ring (bicyclic) bond motifs is 3. The third-order valence-electron chi connectivity index (χ3n) is 4.18. The maximum Gasteiger partial charge on any atom is 0.259 e. The van der Waals surface area contributed by atoms with Gasteiger partial charge < -0.3 is 14.8 Å². The molecular weight excluding hydrogens is 314 g/mol. The summed E-state index contributed by atoms with van der Waals surface area (Å²) in [6.07, 6.45) is 0. The quantitative estimate of drug-likeness (QED) is 0.744. The lowest BCUT2D eigenvalue weighted by atomic mass is 10.0. The highest BCUT2D eigenvalue weighted by molar-refractivity contribution is 6.07. The molecule has 0 saturated carbocycles. The molecule has 3 aromatic rings. The van der Waals surface area contributed by atoms with Gasteiger partial charge >= 0.3 is 0 Å². The Hall–Kier alpha value is -2.66. The van der Waals surface area contributed by atoms with Crippen molar-refractivity contribution in [2.24, 2.45) is 0 Å². The molecule has 130 valence electrons. The Morgan fingerprint density at radius 2 is 1.80 bits per heavy atom. The molecule has 5 nitrogen and oxygen atoms in total. The first-order valence-corrected chi connectivity index (χ1v) is 8.40. The zero-order valence-electron chi connectivity index (χ0n) is 15.0. The van der Waals surface area contributed by atoms with Crippen LogP contribution >= 0.6 is 0 Å². The summed E-state index contributed by atoms with van der Waals surface area (Å²) in [4.78, 5) is 26.8. The molecular formula is C20H23N3O2. The van der Waals surface area contributed by atoms with Gasteiger partial charge in [-0.15, -0.1) is 0 Å². The van der Waals surface area contributed by atoms with Crippen LogP contribution in [0.5, 0.6) is 0 Å². The van der Waals surface area contributed by atoms with Crippen LogP contribution in [0.15, 0.2) is 47.3 Å². The molecule has 0 saturated heterocycles. The molecule has 3 rings (SSSR count). The summed E-state index contributed by atoms with van der Waals surface area (Å²) in [5, 5.41) is 5.43. The highest BCUT2D eigenvalue weighted by atomic mass is 16.2. The van der Waals surface area contributed by atoms with E-state index in [0.29, 0.717) is 17.6 Å². The van der Waals surface area contributed by atoms with Gasteiger partial charge in [-0.1, -0.05) is 18.2 Å². The van der Waals surface area contributed by atoms with Crippen molar-refractivity contribution < 1.29 is 4.79 Å². The summed E-state index contributed by atoms with van der Waals surface area (Å²) in [5.41, 5.74) is 1.60. The van der Waals surface area contributed by atoms with E-state index in [-0.39, 0.29) is 17.5 Å². The summed E-state index contributed by atoms with van der Waals surface area (Å²) in [7, 11) is 3.70. The van der Waals surface area contributed by atoms with Gasteiger partial charge in [-0.25, -0.2) is 0 Å². The van der Waals surface area contributed by atoms with Gasteiger partial charge in [0.25, 0.3) is 5.56 Å². The second kappa shape index (κ2) is 6.69. The van der Waals surface area contributed by atoms with E-state index in [2.05, 4.69) is 5.32 Å². The minimum Gasteiger partial charge on any atom is -0.325 e. The van der Waals surface area contributed by atoms with E-state index in [1.807, 2.05) is 67.7 Å². The SMILES string of the molecule is CC(C)n1c(=O)c2ccc(NC(=O)CN(C)C)cc2c2ccccc21. The monoisotopic (exact) mass is 337 g/mol. The van der Waals surface area contributed by atoms with E-state index >= 15 is 0 Å². The minimum atomic E-state index is -0.0795. The zero-order valence-corrected chi connectivity index (χ0v) is 15.0. The summed E-state index contributed by atoms with van der Waals surface area (Å²) >= 11 is 0. The number of rotatable bonds is 4. The third kappa shape index (κ3) is 3.28. The van der Waals surface area contributed by atoms with Gasteiger partial charge in [0.1, 0.15) is 0 Å². The highest BCUT2D eigenvalue weighted by Crippen LogP contribution is 2.27. The molecule has 2 aromatic carbocycles. The van der Waals surface area contributed by atoms with E-state index in [4.69, 9.17) is 0 Å². The van der Waals surface area contributed by atoms with Crippen molar-refractivity contribution in [2.75, 3.05) is 26.0 Å². The molecule has 25 heavy (non-hydrogen) atoms. The number of amides is 1. The molecule has 1 aromatic heterocycles. The lowest BCUT2D eigenvalue weighted by molar-refractivity contribution is -0.116. The predicted octanol–water partition coefficient (Wildman–Crippen LogP) is 3.24. The Morgan fingerprint density at radius 3 is 2.48 bits per heavy atom. The molecule has 1 N–H and O–H groups in total. The van der Waals surface area contributed by atoms with Crippen molar-refractivity contribution in [3.8, 4) is 0 Å². The Kier molecular flexibility index (Phi) is 4.59. The molecule has 0 radical (unpaired) electrons. The van der Waals surface area contributed by atoms with E-state index < -0.39 is 0 Å². The molecule has 0 aliphatic rings. The van der Waals surface area contributed by atoms with Gasteiger partial charge in [-0.2, -0.15) is 0 Å². The zero-order chi connectivity index (χ0) is 18.1. The van der Waals surface area contributed by atoms with Crippen molar-refractivity contribution in [3.05, 3.63) is 52.8 Å².